The number of nitrogens with one attached hydrogen (secondary N) is 1. The summed E-state index contributed by atoms with van der Waals surface area (Å²) in [5.74, 6) is 0.925. The van der Waals surface area contributed by atoms with E-state index in [9.17, 15) is 9.59 Å². The molecule has 142 valence electrons. The van der Waals surface area contributed by atoms with Crippen molar-refractivity contribution in [3.8, 4) is 11.5 Å². The van der Waals surface area contributed by atoms with Gasteiger partial charge in [0.2, 0.25) is 0 Å². The normalized spacial score (nSPS) is 17.6. The Labute approximate surface area is 153 Å². The van der Waals surface area contributed by atoms with Crippen LogP contribution in [0, 0.1) is 0 Å². The van der Waals surface area contributed by atoms with Crippen LogP contribution < -0.4 is 14.8 Å². The predicted molar refractivity (Wildman–Crippen MR) is 95.7 cm³/mol. The summed E-state index contributed by atoms with van der Waals surface area (Å²) in [6, 6.07) is 5.33. The lowest BCUT2D eigenvalue weighted by Gasteiger charge is -2.33. The number of para-hydroxylation sites is 1. The maximum Gasteiger partial charge on any atom is 0.410 e. The van der Waals surface area contributed by atoms with Crippen molar-refractivity contribution in [1.29, 1.82) is 0 Å². The molecule has 1 saturated heterocycles. The zero-order valence-corrected chi connectivity index (χ0v) is 15.5. The van der Waals surface area contributed by atoms with Crippen LogP contribution >= 0.6 is 0 Å². The van der Waals surface area contributed by atoms with Crippen molar-refractivity contribution in [2.75, 3.05) is 26.3 Å². The molecular formula is C19H26N2O5. The number of amides is 2. The summed E-state index contributed by atoms with van der Waals surface area (Å²) in [7, 11) is 0. The maximum absolute atomic E-state index is 12.6. The number of hydrogen-bond acceptors (Lipinski definition) is 5. The molecule has 0 aromatic heterocycles. The highest BCUT2D eigenvalue weighted by atomic mass is 16.6. The van der Waals surface area contributed by atoms with Gasteiger partial charge in [-0.25, -0.2) is 4.79 Å². The molecule has 0 radical (unpaired) electrons. The summed E-state index contributed by atoms with van der Waals surface area (Å²) in [5.41, 5.74) is -0.0202. The summed E-state index contributed by atoms with van der Waals surface area (Å²) in [5, 5.41) is 3.04. The summed E-state index contributed by atoms with van der Waals surface area (Å²) in [6.45, 7) is 7.60. The minimum atomic E-state index is -0.503. The third-order valence-corrected chi connectivity index (χ3v) is 4.29. The summed E-state index contributed by atoms with van der Waals surface area (Å²) in [6.07, 6.45) is 1.08. The van der Waals surface area contributed by atoms with Crippen molar-refractivity contribution in [3.05, 3.63) is 23.8 Å². The Balaban J connectivity index is 1.55. The second-order valence-corrected chi connectivity index (χ2v) is 7.54. The van der Waals surface area contributed by atoms with E-state index in [0.29, 0.717) is 56.2 Å². The van der Waals surface area contributed by atoms with Crippen LogP contribution in [0.25, 0.3) is 0 Å². The summed E-state index contributed by atoms with van der Waals surface area (Å²) < 4.78 is 16.5. The van der Waals surface area contributed by atoms with Crippen LogP contribution in [0.1, 0.15) is 44.0 Å². The number of piperidine rings is 1. The average molecular weight is 362 g/mol. The highest BCUT2D eigenvalue weighted by Crippen LogP contribution is 2.33. The Morgan fingerprint density at radius 2 is 1.85 bits per heavy atom. The highest BCUT2D eigenvalue weighted by molar-refractivity contribution is 5.98. The fourth-order valence-corrected chi connectivity index (χ4v) is 3.05. The Bertz CT molecular complexity index is 675. The van der Waals surface area contributed by atoms with Gasteiger partial charge in [-0.15, -0.1) is 0 Å². The number of carbonyl (C=O) groups excluding carboxylic acids is 2. The molecule has 1 aromatic carbocycles. The summed E-state index contributed by atoms with van der Waals surface area (Å²) in [4.78, 5) is 26.4. The topological polar surface area (TPSA) is 77.1 Å². The molecule has 1 N–H and O–H groups in total. The van der Waals surface area contributed by atoms with Gasteiger partial charge in [0.05, 0.1) is 5.56 Å². The van der Waals surface area contributed by atoms with E-state index in [2.05, 4.69) is 5.32 Å². The largest absolute Gasteiger partial charge is 0.486 e. The van der Waals surface area contributed by atoms with Gasteiger partial charge in [0.1, 0.15) is 18.8 Å². The van der Waals surface area contributed by atoms with Crippen LogP contribution in [0.15, 0.2) is 18.2 Å². The van der Waals surface area contributed by atoms with Crippen molar-refractivity contribution in [1.82, 2.24) is 10.2 Å². The predicted octanol–water partition coefficient (Wildman–Crippen LogP) is 2.59. The average Bonchev–Trinajstić information content (AvgIpc) is 2.60. The van der Waals surface area contributed by atoms with Gasteiger partial charge in [-0.3, -0.25) is 4.79 Å². The van der Waals surface area contributed by atoms with Crippen LogP contribution in [-0.4, -0.2) is 54.8 Å². The number of likely N-dealkylation sites (tertiary alicyclic amines) is 1. The van der Waals surface area contributed by atoms with Crippen LogP contribution in [0.2, 0.25) is 0 Å². The molecule has 7 nitrogen and oxygen atoms in total. The molecule has 1 fully saturated rings. The number of hydrogen-bond donors (Lipinski definition) is 1. The maximum atomic E-state index is 12.6. The first-order chi connectivity index (χ1) is 12.3. The first-order valence-corrected chi connectivity index (χ1v) is 9.01. The first kappa shape index (κ1) is 18.4. The summed E-state index contributed by atoms with van der Waals surface area (Å²) >= 11 is 0. The Morgan fingerprint density at radius 3 is 2.54 bits per heavy atom. The van der Waals surface area contributed by atoms with Crippen molar-refractivity contribution < 1.29 is 23.8 Å². The van der Waals surface area contributed by atoms with Crippen LogP contribution in [0.3, 0.4) is 0 Å². The zero-order valence-electron chi connectivity index (χ0n) is 15.5. The molecule has 2 amide bonds. The Morgan fingerprint density at radius 1 is 1.15 bits per heavy atom. The van der Waals surface area contributed by atoms with Gasteiger partial charge in [0.25, 0.3) is 5.91 Å². The molecule has 3 rings (SSSR count). The van der Waals surface area contributed by atoms with E-state index >= 15 is 0 Å². The standard InChI is InChI=1S/C19H26N2O5/c1-19(2,3)26-18(23)21-9-7-13(8-10-21)20-17(22)14-5-4-6-15-16(14)25-12-11-24-15/h4-6,13H,7-12H2,1-3H3,(H,20,22). The van der Waals surface area contributed by atoms with Gasteiger partial charge < -0.3 is 24.4 Å². The molecule has 2 aliphatic heterocycles. The van der Waals surface area contributed by atoms with Crippen LogP contribution in [0.5, 0.6) is 11.5 Å². The number of ether oxygens (including phenoxy) is 3. The Hall–Kier alpha value is -2.44. The lowest BCUT2D eigenvalue weighted by atomic mass is 10.0. The molecule has 0 spiro atoms. The Kier molecular flexibility index (Phi) is 5.25. The number of nitrogens with zero attached hydrogens (tertiary/aromatic N) is 1. The van der Waals surface area contributed by atoms with Crippen molar-refractivity contribution in [2.24, 2.45) is 0 Å². The highest BCUT2D eigenvalue weighted by Gasteiger charge is 2.28. The first-order valence-electron chi connectivity index (χ1n) is 9.01. The second-order valence-electron chi connectivity index (χ2n) is 7.54. The smallest absolute Gasteiger partial charge is 0.410 e. The van der Waals surface area contributed by atoms with Gasteiger partial charge in [0, 0.05) is 19.1 Å². The fraction of sp³-hybridized carbons (Fsp3) is 0.579. The fourth-order valence-electron chi connectivity index (χ4n) is 3.05. The minimum Gasteiger partial charge on any atom is -0.486 e. The minimum absolute atomic E-state index is 0.0153. The number of carbonyl (C=O) groups is 2. The van der Waals surface area contributed by atoms with E-state index < -0.39 is 5.60 Å². The van der Waals surface area contributed by atoms with E-state index in [4.69, 9.17) is 14.2 Å². The molecule has 0 unspecified atom stereocenters. The SMILES string of the molecule is CC(C)(C)OC(=O)N1CCC(NC(=O)c2cccc3c2OCCO3)CC1. The molecule has 0 atom stereocenters. The molecule has 0 saturated carbocycles. The van der Waals surface area contributed by atoms with Crippen molar-refractivity contribution >= 4 is 12.0 Å². The third kappa shape index (κ3) is 4.39. The van der Waals surface area contributed by atoms with E-state index in [0.717, 1.165) is 0 Å². The van der Waals surface area contributed by atoms with E-state index in [1.165, 1.54) is 0 Å². The molecule has 2 aliphatic rings. The second kappa shape index (κ2) is 7.43. The molecule has 7 heteroatoms. The van der Waals surface area contributed by atoms with Gasteiger partial charge >= 0.3 is 6.09 Å². The molecule has 0 aliphatic carbocycles. The van der Waals surface area contributed by atoms with Crippen molar-refractivity contribution in [3.63, 3.8) is 0 Å². The van der Waals surface area contributed by atoms with E-state index in [1.807, 2.05) is 20.8 Å². The molecule has 1 aromatic rings. The van der Waals surface area contributed by atoms with Gasteiger partial charge in [0.15, 0.2) is 11.5 Å². The number of benzene rings is 1. The lowest BCUT2D eigenvalue weighted by molar-refractivity contribution is 0.0199. The quantitative estimate of drug-likeness (QED) is 0.875. The molecular weight excluding hydrogens is 336 g/mol. The van der Waals surface area contributed by atoms with Gasteiger partial charge in [-0.2, -0.15) is 0 Å². The van der Waals surface area contributed by atoms with Crippen molar-refractivity contribution in [2.45, 2.75) is 45.3 Å². The number of fused-ring (bicyclic) bond motifs is 1. The van der Waals surface area contributed by atoms with Gasteiger partial charge in [-0.1, -0.05) is 6.07 Å². The molecule has 2 heterocycles. The van der Waals surface area contributed by atoms with Crippen LogP contribution in [-0.2, 0) is 4.74 Å². The van der Waals surface area contributed by atoms with Crippen LogP contribution in [0.4, 0.5) is 4.79 Å². The lowest BCUT2D eigenvalue weighted by Crippen LogP contribution is -2.47. The monoisotopic (exact) mass is 362 g/mol. The zero-order chi connectivity index (χ0) is 18.7. The molecule has 0 bridgehead atoms. The van der Waals surface area contributed by atoms with Gasteiger partial charge in [-0.05, 0) is 45.7 Å². The van der Waals surface area contributed by atoms with E-state index in [1.54, 1.807) is 23.1 Å². The third-order valence-electron chi connectivity index (χ3n) is 4.29. The van der Waals surface area contributed by atoms with E-state index in [-0.39, 0.29) is 18.0 Å². The molecule has 26 heavy (non-hydrogen) atoms. The number of rotatable bonds is 2.